The van der Waals surface area contributed by atoms with E-state index in [2.05, 4.69) is 16.4 Å². The van der Waals surface area contributed by atoms with Crippen LogP contribution in [0.15, 0.2) is 41.1 Å². The number of aromatic nitrogens is 1. The van der Waals surface area contributed by atoms with Crippen molar-refractivity contribution < 1.29 is 9.72 Å². The lowest BCUT2D eigenvalue weighted by Gasteiger charge is -2.23. The Balaban J connectivity index is 1.71. The first-order chi connectivity index (χ1) is 11.6. The lowest BCUT2D eigenvalue weighted by Crippen LogP contribution is -2.30. The van der Waals surface area contributed by atoms with Gasteiger partial charge in [0, 0.05) is 18.0 Å². The second kappa shape index (κ2) is 5.76. The third kappa shape index (κ3) is 2.37. The molecule has 7 heteroatoms. The summed E-state index contributed by atoms with van der Waals surface area (Å²) < 4.78 is 0. The largest absolute Gasteiger partial charge is 0.345 e. The molecule has 1 aliphatic heterocycles. The standard InChI is InChI=1S/C17H15N3O3S/c21-17(19-7-2-5-14(19)12-6-8-24-10-12)13-9-11-3-1-4-15(20(22)23)16(11)18-13/h1,3-4,6,8-10,14,18H,2,5,7H2. The van der Waals surface area contributed by atoms with Crippen molar-refractivity contribution in [3.63, 3.8) is 0 Å². The maximum absolute atomic E-state index is 12.9. The molecule has 1 aliphatic rings. The molecule has 122 valence electrons. The molecule has 0 radical (unpaired) electrons. The fourth-order valence-corrected chi connectivity index (χ4v) is 4.09. The van der Waals surface area contributed by atoms with Crippen LogP contribution in [-0.4, -0.2) is 27.3 Å². The van der Waals surface area contributed by atoms with Crippen LogP contribution in [0.25, 0.3) is 10.9 Å². The number of nitro benzene ring substituents is 1. The van der Waals surface area contributed by atoms with Gasteiger partial charge in [0.1, 0.15) is 11.2 Å². The number of nitro groups is 1. The van der Waals surface area contributed by atoms with Gasteiger partial charge in [-0.25, -0.2) is 0 Å². The number of fused-ring (bicyclic) bond motifs is 1. The lowest BCUT2D eigenvalue weighted by molar-refractivity contribution is -0.383. The summed E-state index contributed by atoms with van der Waals surface area (Å²) in [4.78, 5) is 28.5. The molecule has 0 saturated carbocycles. The number of non-ortho nitro benzene ring substituents is 1. The molecule has 1 N–H and O–H groups in total. The second-order valence-corrected chi connectivity index (χ2v) is 6.67. The monoisotopic (exact) mass is 341 g/mol. The smallest absolute Gasteiger partial charge is 0.293 e. The number of amides is 1. The molecular weight excluding hydrogens is 326 g/mol. The molecule has 24 heavy (non-hydrogen) atoms. The molecule has 2 aromatic heterocycles. The lowest BCUT2D eigenvalue weighted by atomic mass is 10.1. The SMILES string of the molecule is O=C(c1cc2cccc([N+](=O)[O-])c2[nH]1)N1CCCC1c1ccsc1. The Kier molecular flexibility index (Phi) is 3.57. The summed E-state index contributed by atoms with van der Waals surface area (Å²) in [6, 6.07) is 8.69. The van der Waals surface area contributed by atoms with Crippen molar-refractivity contribution in [1.29, 1.82) is 0 Å². The molecule has 0 bridgehead atoms. The number of hydrogen-bond acceptors (Lipinski definition) is 4. The quantitative estimate of drug-likeness (QED) is 0.575. The number of benzene rings is 1. The van der Waals surface area contributed by atoms with E-state index < -0.39 is 4.92 Å². The zero-order valence-electron chi connectivity index (χ0n) is 12.8. The van der Waals surface area contributed by atoms with Gasteiger partial charge < -0.3 is 9.88 Å². The molecule has 4 rings (SSSR count). The molecule has 1 aromatic carbocycles. The van der Waals surface area contributed by atoms with Crippen LogP contribution in [0.4, 0.5) is 5.69 Å². The summed E-state index contributed by atoms with van der Waals surface area (Å²) in [5.74, 6) is -0.103. The van der Waals surface area contributed by atoms with Crippen LogP contribution in [0.3, 0.4) is 0 Å². The van der Waals surface area contributed by atoms with Crippen molar-refractivity contribution in [3.8, 4) is 0 Å². The highest BCUT2D eigenvalue weighted by Crippen LogP contribution is 2.35. The van der Waals surface area contributed by atoms with E-state index >= 15 is 0 Å². The number of carbonyl (C=O) groups is 1. The van der Waals surface area contributed by atoms with Gasteiger partial charge in [-0.15, -0.1) is 0 Å². The van der Waals surface area contributed by atoms with E-state index in [0.29, 0.717) is 23.1 Å². The minimum absolute atomic E-state index is 0.0117. The number of H-pyrrole nitrogens is 1. The van der Waals surface area contributed by atoms with Crippen LogP contribution in [0, 0.1) is 10.1 Å². The average molecular weight is 341 g/mol. The van der Waals surface area contributed by atoms with Gasteiger partial charge in [0.2, 0.25) is 0 Å². The number of rotatable bonds is 3. The van der Waals surface area contributed by atoms with E-state index in [4.69, 9.17) is 0 Å². The molecule has 6 nitrogen and oxygen atoms in total. The number of thiophene rings is 1. The number of carbonyl (C=O) groups excluding carboxylic acids is 1. The van der Waals surface area contributed by atoms with Gasteiger partial charge in [0.15, 0.2) is 0 Å². The first-order valence-corrected chi connectivity index (χ1v) is 8.68. The molecule has 1 fully saturated rings. The van der Waals surface area contributed by atoms with E-state index in [9.17, 15) is 14.9 Å². The number of para-hydroxylation sites is 1. The molecule has 3 heterocycles. The van der Waals surface area contributed by atoms with E-state index in [-0.39, 0.29) is 17.6 Å². The number of hydrogen-bond donors (Lipinski definition) is 1. The van der Waals surface area contributed by atoms with Gasteiger partial charge in [-0.3, -0.25) is 14.9 Å². The molecule has 0 spiro atoms. The predicted molar refractivity (Wildman–Crippen MR) is 92.3 cm³/mol. The highest BCUT2D eigenvalue weighted by atomic mass is 32.1. The van der Waals surface area contributed by atoms with Gasteiger partial charge >= 0.3 is 0 Å². The Bertz CT molecular complexity index is 916. The molecular formula is C17H15N3O3S. The maximum atomic E-state index is 12.9. The minimum Gasteiger partial charge on any atom is -0.345 e. The van der Waals surface area contributed by atoms with E-state index in [1.54, 1.807) is 29.5 Å². The molecule has 1 unspecified atom stereocenters. The molecule has 0 aliphatic carbocycles. The van der Waals surface area contributed by atoms with E-state index in [0.717, 1.165) is 18.4 Å². The first-order valence-electron chi connectivity index (χ1n) is 7.74. The number of nitrogens with zero attached hydrogens (tertiary/aromatic N) is 2. The van der Waals surface area contributed by atoms with Crippen molar-refractivity contribution in [2.45, 2.75) is 18.9 Å². The third-order valence-electron chi connectivity index (χ3n) is 4.50. The summed E-state index contributed by atoms with van der Waals surface area (Å²) in [6.45, 7) is 0.705. The van der Waals surface area contributed by atoms with Crippen molar-refractivity contribution in [2.75, 3.05) is 6.54 Å². The molecule has 3 aromatic rings. The van der Waals surface area contributed by atoms with Crippen LogP contribution in [0.1, 0.15) is 34.9 Å². The summed E-state index contributed by atoms with van der Waals surface area (Å²) in [7, 11) is 0. The Hall–Kier alpha value is -2.67. The predicted octanol–water partition coefficient (Wildman–Crippen LogP) is 4.11. The Morgan fingerprint density at radius 3 is 3.00 bits per heavy atom. The normalized spacial score (nSPS) is 17.5. The van der Waals surface area contributed by atoms with Gasteiger partial charge in [0.25, 0.3) is 11.6 Å². The van der Waals surface area contributed by atoms with Gasteiger partial charge in [0.05, 0.1) is 11.0 Å². The topological polar surface area (TPSA) is 79.2 Å². The first kappa shape index (κ1) is 14.9. The minimum atomic E-state index is -0.433. The van der Waals surface area contributed by atoms with Crippen LogP contribution in [-0.2, 0) is 0 Å². The van der Waals surface area contributed by atoms with Crippen LogP contribution in [0.5, 0.6) is 0 Å². The van der Waals surface area contributed by atoms with Crippen LogP contribution in [0.2, 0.25) is 0 Å². The molecule has 1 atom stereocenters. The Morgan fingerprint density at radius 2 is 2.25 bits per heavy atom. The zero-order chi connectivity index (χ0) is 16.7. The number of nitrogens with one attached hydrogen (secondary N) is 1. The van der Waals surface area contributed by atoms with Crippen molar-refractivity contribution >= 4 is 33.8 Å². The van der Waals surface area contributed by atoms with Crippen LogP contribution < -0.4 is 0 Å². The van der Waals surface area contributed by atoms with E-state index in [1.165, 1.54) is 6.07 Å². The fraction of sp³-hybridized carbons (Fsp3) is 0.235. The van der Waals surface area contributed by atoms with Gasteiger partial charge in [-0.2, -0.15) is 11.3 Å². The summed E-state index contributed by atoms with van der Waals surface area (Å²) in [6.07, 6.45) is 1.91. The number of aromatic amines is 1. The Labute approximate surface area is 141 Å². The van der Waals surface area contributed by atoms with Crippen molar-refractivity contribution in [3.05, 3.63) is 62.5 Å². The fourth-order valence-electron chi connectivity index (χ4n) is 3.38. The van der Waals surface area contributed by atoms with Crippen molar-refractivity contribution in [2.24, 2.45) is 0 Å². The number of likely N-dealkylation sites (tertiary alicyclic amines) is 1. The molecule has 1 saturated heterocycles. The zero-order valence-corrected chi connectivity index (χ0v) is 13.6. The highest BCUT2D eigenvalue weighted by Gasteiger charge is 2.31. The van der Waals surface area contributed by atoms with Crippen LogP contribution >= 0.6 is 11.3 Å². The van der Waals surface area contributed by atoms with Gasteiger partial charge in [-0.05, 0) is 41.3 Å². The van der Waals surface area contributed by atoms with Crippen molar-refractivity contribution in [1.82, 2.24) is 9.88 Å². The Morgan fingerprint density at radius 1 is 1.38 bits per heavy atom. The maximum Gasteiger partial charge on any atom is 0.293 e. The highest BCUT2D eigenvalue weighted by molar-refractivity contribution is 7.08. The third-order valence-corrected chi connectivity index (χ3v) is 5.20. The van der Waals surface area contributed by atoms with E-state index in [1.807, 2.05) is 10.3 Å². The average Bonchev–Trinajstić information content (AvgIpc) is 3.31. The summed E-state index contributed by atoms with van der Waals surface area (Å²) in [5, 5.41) is 15.9. The molecule has 1 amide bonds. The summed E-state index contributed by atoms with van der Waals surface area (Å²) >= 11 is 1.62. The summed E-state index contributed by atoms with van der Waals surface area (Å²) in [5.41, 5.74) is 1.95. The van der Waals surface area contributed by atoms with Gasteiger partial charge in [-0.1, -0.05) is 12.1 Å². The second-order valence-electron chi connectivity index (χ2n) is 5.89.